The van der Waals surface area contributed by atoms with Gasteiger partial charge in [-0.25, -0.2) is 4.98 Å². The van der Waals surface area contributed by atoms with Crippen LogP contribution in [0.15, 0.2) is 57.3 Å². The Kier molecular flexibility index (Phi) is 8.01. The van der Waals surface area contributed by atoms with E-state index in [0.717, 1.165) is 41.6 Å². The van der Waals surface area contributed by atoms with Crippen molar-refractivity contribution in [3.8, 4) is 0 Å². The van der Waals surface area contributed by atoms with E-state index in [0.29, 0.717) is 5.03 Å². The van der Waals surface area contributed by atoms with Gasteiger partial charge in [-0.05, 0) is 46.3 Å². The first-order valence-corrected chi connectivity index (χ1v) is 9.39. The van der Waals surface area contributed by atoms with Crippen LogP contribution in [0.1, 0.15) is 38.7 Å². The highest BCUT2D eigenvalue weighted by Gasteiger charge is 2.17. The van der Waals surface area contributed by atoms with Gasteiger partial charge in [-0.1, -0.05) is 29.8 Å². The summed E-state index contributed by atoms with van der Waals surface area (Å²) in [5, 5.41) is 4.18. The van der Waals surface area contributed by atoms with Crippen LogP contribution in [-0.2, 0) is 0 Å². The first kappa shape index (κ1) is 20.6. The molecule has 142 valence electrons. The quantitative estimate of drug-likeness (QED) is 0.624. The Balaban J connectivity index is 2.56. The van der Waals surface area contributed by atoms with Crippen LogP contribution >= 0.6 is 11.6 Å². The van der Waals surface area contributed by atoms with Crippen LogP contribution < -0.4 is 5.32 Å². The fourth-order valence-corrected chi connectivity index (χ4v) is 2.75. The Hall–Kier alpha value is -2.66. The van der Waals surface area contributed by atoms with Crippen LogP contribution in [0.2, 0.25) is 0 Å². The molecule has 1 aromatic rings. The normalized spacial score (nSPS) is 15.7. The number of rotatable bonds is 7. The maximum atomic E-state index is 6.24. The minimum absolute atomic E-state index is 0.705. The molecule has 0 saturated heterocycles. The minimum atomic E-state index is 0.705. The second kappa shape index (κ2) is 10.5. The lowest BCUT2D eigenvalue weighted by Gasteiger charge is -2.11. The van der Waals surface area contributed by atoms with Crippen LogP contribution in [-0.4, -0.2) is 28.5 Å². The molecular formula is C21H26ClN5. The Morgan fingerprint density at radius 2 is 2.22 bits per heavy atom. The zero-order chi connectivity index (χ0) is 19.6. The molecular weight excluding hydrogens is 358 g/mol. The van der Waals surface area contributed by atoms with Crippen molar-refractivity contribution in [2.45, 2.75) is 34.1 Å². The number of halogens is 1. The molecule has 0 spiro atoms. The van der Waals surface area contributed by atoms with E-state index >= 15 is 0 Å². The molecule has 27 heavy (non-hydrogen) atoms. The first-order valence-electron chi connectivity index (χ1n) is 9.01. The number of anilines is 1. The molecule has 0 fully saturated rings. The number of aliphatic imine (C=N–C) groups is 2. The molecule has 0 saturated carbocycles. The molecule has 0 aromatic carbocycles. The summed E-state index contributed by atoms with van der Waals surface area (Å²) >= 11 is 6.24. The average molecular weight is 384 g/mol. The molecule has 0 unspecified atom stereocenters. The Bertz CT molecular complexity index is 863. The molecule has 1 aliphatic carbocycles. The number of imidazole rings is 1. The van der Waals surface area contributed by atoms with Gasteiger partial charge in [0.05, 0.1) is 0 Å². The lowest BCUT2D eigenvalue weighted by Crippen LogP contribution is -2.05. The van der Waals surface area contributed by atoms with Gasteiger partial charge in [0.15, 0.2) is 0 Å². The molecule has 0 aliphatic heterocycles. The zero-order valence-corrected chi connectivity index (χ0v) is 17.0. The molecule has 6 heteroatoms. The van der Waals surface area contributed by atoms with Gasteiger partial charge in [-0.2, -0.15) is 0 Å². The summed E-state index contributed by atoms with van der Waals surface area (Å²) in [6.07, 6.45) is 18.0. The summed E-state index contributed by atoms with van der Waals surface area (Å²) in [6, 6.07) is 0. The van der Waals surface area contributed by atoms with Gasteiger partial charge in [-0.15, -0.1) is 0 Å². The molecule has 1 aliphatic rings. The predicted octanol–water partition coefficient (Wildman–Crippen LogP) is 5.58. The topological polar surface area (TPSA) is 54.6 Å². The van der Waals surface area contributed by atoms with Crippen molar-refractivity contribution in [3.05, 3.63) is 58.8 Å². The standard InChI is InChI=1S/C21H26ClN5/c1-5-17(15-24-7-3)20-21(26-19-11-9-8-10-18(22)14-19)27(16(4)25-20)13-12-23-6-2/h5-6,9-15,26H,7-8H2,1-4H3/b13-12-,17-5+,23-6?,24-15?. The number of hydrogen-bond donors (Lipinski definition) is 1. The van der Waals surface area contributed by atoms with Crippen molar-refractivity contribution in [1.29, 1.82) is 0 Å². The highest BCUT2D eigenvalue weighted by molar-refractivity contribution is 6.31. The lowest BCUT2D eigenvalue weighted by atomic mass is 10.2. The number of allylic oxidation sites excluding steroid dienone is 7. The lowest BCUT2D eigenvalue weighted by molar-refractivity contribution is 1.03. The van der Waals surface area contributed by atoms with Gasteiger partial charge >= 0.3 is 0 Å². The number of nitrogens with zero attached hydrogens (tertiary/aromatic N) is 4. The smallest absolute Gasteiger partial charge is 0.143 e. The molecule has 5 nitrogen and oxygen atoms in total. The van der Waals surface area contributed by atoms with Crippen molar-refractivity contribution < 1.29 is 0 Å². The van der Waals surface area contributed by atoms with E-state index in [2.05, 4.69) is 21.4 Å². The van der Waals surface area contributed by atoms with Crippen molar-refractivity contribution in [3.63, 3.8) is 0 Å². The highest BCUT2D eigenvalue weighted by atomic mass is 35.5. The monoisotopic (exact) mass is 383 g/mol. The van der Waals surface area contributed by atoms with Crippen LogP contribution in [0.4, 0.5) is 5.82 Å². The third kappa shape index (κ3) is 5.66. The van der Waals surface area contributed by atoms with E-state index in [1.807, 2.05) is 69.0 Å². The third-order valence-electron chi connectivity index (χ3n) is 3.84. The van der Waals surface area contributed by atoms with E-state index < -0.39 is 0 Å². The van der Waals surface area contributed by atoms with E-state index in [1.165, 1.54) is 0 Å². The van der Waals surface area contributed by atoms with Gasteiger partial charge < -0.3 is 5.32 Å². The predicted molar refractivity (Wildman–Crippen MR) is 119 cm³/mol. The minimum Gasteiger partial charge on any atom is -0.339 e. The molecule has 0 bridgehead atoms. The Morgan fingerprint density at radius 3 is 2.93 bits per heavy atom. The third-order valence-corrected chi connectivity index (χ3v) is 4.10. The second-order valence-electron chi connectivity index (χ2n) is 5.76. The van der Waals surface area contributed by atoms with Crippen molar-refractivity contribution in [2.75, 3.05) is 11.9 Å². The maximum absolute atomic E-state index is 6.24. The van der Waals surface area contributed by atoms with E-state index in [1.54, 1.807) is 12.4 Å². The summed E-state index contributed by atoms with van der Waals surface area (Å²) in [6.45, 7) is 8.55. The van der Waals surface area contributed by atoms with Crippen molar-refractivity contribution >= 4 is 41.6 Å². The van der Waals surface area contributed by atoms with Gasteiger partial charge in [0.1, 0.15) is 17.3 Å². The molecule has 1 N–H and O–H groups in total. The average Bonchev–Trinajstić information content (AvgIpc) is 2.81. The van der Waals surface area contributed by atoms with Crippen LogP contribution in [0, 0.1) is 6.92 Å². The number of aromatic nitrogens is 2. The van der Waals surface area contributed by atoms with E-state index in [9.17, 15) is 0 Å². The number of aryl methyl sites for hydroxylation is 1. The van der Waals surface area contributed by atoms with Crippen molar-refractivity contribution in [1.82, 2.24) is 9.55 Å². The molecule has 0 radical (unpaired) electrons. The fourth-order valence-electron chi connectivity index (χ4n) is 2.55. The molecule has 0 amide bonds. The summed E-state index contributed by atoms with van der Waals surface area (Å²) in [5.74, 6) is 1.69. The van der Waals surface area contributed by atoms with Gasteiger partial charge in [0.2, 0.25) is 0 Å². The van der Waals surface area contributed by atoms with Gasteiger partial charge in [0.25, 0.3) is 0 Å². The largest absolute Gasteiger partial charge is 0.339 e. The van der Waals surface area contributed by atoms with Gasteiger partial charge in [0, 0.05) is 47.7 Å². The zero-order valence-electron chi connectivity index (χ0n) is 16.3. The van der Waals surface area contributed by atoms with Crippen LogP contribution in [0.3, 0.4) is 0 Å². The Morgan fingerprint density at radius 1 is 1.41 bits per heavy atom. The van der Waals surface area contributed by atoms with Gasteiger partial charge in [-0.3, -0.25) is 14.6 Å². The molecule has 2 rings (SSSR count). The maximum Gasteiger partial charge on any atom is 0.143 e. The van der Waals surface area contributed by atoms with Crippen LogP contribution in [0.5, 0.6) is 0 Å². The van der Waals surface area contributed by atoms with Crippen LogP contribution in [0.25, 0.3) is 11.8 Å². The summed E-state index contributed by atoms with van der Waals surface area (Å²) in [5.41, 5.74) is 2.68. The molecule has 1 heterocycles. The Labute approximate surface area is 166 Å². The molecule has 1 aromatic heterocycles. The SMILES string of the molecule is CC=N/C=C\n1c(C)nc(/C(C=NCC)=C/C)c1NC1=CC(Cl)=CCC=C1. The summed E-state index contributed by atoms with van der Waals surface area (Å²) < 4.78 is 1.98. The summed E-state index contributed by atoms with van der Waals surface area (Å²) in [7, 11) is 0. The summed E-state index contributed by atoms with van der Waals surface area (Å²) in [4.78, 5) is 13.3. The molecule has 0 atom stereocenters. The van der Waals surface area contributed by atoms with Crippen molar-refractivity contribution in [2.24, 2.45) is 9.98 Å². The highest BCUT2D eigenvalue weighted by Crippen LogP contribution is 2.27. The number of nitrogens with one attached hydrogen (secondary N) is 1. The van der Waals surface area contributed by atoms with E-state index in [4.69, 9.17) is 16.6 Å². The first-order chi connectivity index (χ1) is 13.1. The van der Waals surface area contributed by atoms with E-state index in [-0.39, 0.29) is 0 Å². The second-order valence-corrected chi connectivity index (χ2v) is 6.19. The fraction of sp³-hybridized carbons (Fsp3) is 0.286. The number of hydrogen-bond acceptors (Lipinski definition) is 4.